The summed E-state index contributed by atoms with van der Waals surface area (Å²) in [5, 5.41) is 11.0. The van der Waals surface area contributed by atoms with Crippen LogP contribution < -0.4 is 0 Å². The number of hydrogen-bond donors (Lipinski definition) is 1. The van der Waals surface area contributed by atoms with Crippen molar-refractivity contribution in [1.29, 1.82) is 0 Å². The molecule has 1 aromatic heterocycles. The quantitative estimate of drug-likeness (QED) is 0.902. The van der Waals surface area contributed by atoms with E-state index in [2.05, 4.69) is 4.98 Å². The predicted octanol–water partition coefficient (Wildman–Crippen LogP) is 1.06. The van der Waals surface area contributed by atoms with Crippen LogP contribution in [0.15, 0.2) is 0 Å². The Morgan fingerprint density at radius 2 is 2.09 bits per heavy atom. The fourth-order valence-electron chi connectivity index (χ4n) is 2.64. The van der Waals surface area contributed by atoms with Gasteiger partial charge in [0.15, 0.2) is 0 Å². The number of aryl methyl sites for hydroxylation is 2. The number of carbonyl (C=O) groups excluding carboxylic acids is 2. The van der Waals surface area contributed by atoms with Gasteiger partial charge in [0.25, 0.3) is 5.91 Å². The molecule has 1 aliphatic heterocycles. The van der Waals surface area contributed by atoms with Gasteiger partial charge in [-0.25, -0.2) is 4.98 Å². The number of nitrogens with zero attached hydrogens (tertiary/aromatic N) is 3. The summed E-state index contributed by atoms with van der Waals surface area (Å²) in [6.45, 7) is 8.75. The van der Waals surface area contributed by atoms with Crippen LogP contribution in [0.5, 0.6) is 0 Å². The Hall–Kier alpha value is -1.47. The second-order valence-electron chi connectivity index (χ2n) is 6.18. The van der Waals surface area contributed by atoms with Crippen molar-refractivity contribution in [2.24, 2.45) is 5.92 Å². The Morgan fingerprint density at radius 1 is 1.41 bits per heavy atom. The van der Waals surface area contributed by atoms with Crippen LogP contribution in [-0.4, -0.2) is 64.0 Å². The van der Waals surface area contributed by atoms with Crippen LogP contribution in [-0.2, 0) is 4.79 Å². The van der Waals surface area contributed by atoms with Gasteiger partial charge in [-0.2, -0.15) is 0 Å². The first-order valence-electron chi connectivity index (χ1n) is 7.47. The van der Waals surface area contributed by atoms with Gasteiger partial charge in [-0.3, -0.25) is 9.59 Å². The van der Waals surface area contributed by atoms with E-state index < -0.39 is 6.10 Å². The molecule has 1 N–H and O–H groups in total. The Kier molecular flexibility index (Phi) is 5.18. The lowest BCUT2D eigenvalue weighted by atomic mass is 10.2. The highest BCUT2D eigenvalue weighted by Gasteiger charge is 2.31. The summed E-state index contributed by atoms with van der Waals surface area (Å²) in [6, 6.07) is 0. The summed E-state index contributed by atoms with van der Waals surface area (Å²) in [4.78, 5) is 32.9. The van der Waals surface area contributed by atoms with Gasteiger partial charge in [-0.15, -0.1) is 11.3 Å². The molecule has 7 heteroatoms. The van der Waals surface area contributed by atoms with Gasteiger partial charge in [0.1, 0.15) is 11.4 Å². The second kappa shape index (κ2) is 6.75. The Labute approximate surface area is 134 Å². The maximum absolute atomic E-state index is 12.6. The molecule has 0 radical (unpaired) electrons. The number of aromatic nitrogens is 1. The van der Waals surface area contributed by atoms with E-state index in [0.29, 0.717) is 23.0 Å². The number of aliphatic hydroxyl groups is 1. The number of hydrogen-bond acceptors (Lipinski definition) is 5. The number of β-amino-alcohol motifs (C(OH)–C–C–N with tert-alkyl or cyclic N) is 1. The summed E-state index contributed by atoms with van der Waals surface area (Å²) >= 11 is 1.33. The lowest BCUT2D eigenvalue weighted by Gasteiger charge is -2.23. The highest BCUT2D eigenvalue weighted by atomic mass is 32.1. The third-order valence-corrected chi connectivity index (χ3v) is 4.57. The van der Waals surface area contributed by atoms with E-state index >= 15 is 0 Å². The molecule has 0 bridgehead atoms. The normalized spacial score (nSPS) is 19.7. The number of rotatable bonds is 3. The first-order valence-corrected chi connectivity index (χ1v) is 8.28. The van der Waals surface area contributed by atoms with Crippen LogP contribution >= 0.6 is 11.3 Å². The largest absolute Gasteiger partial charge is 0.389 e. The van der Waals surface area contributed by atoms with Crippen molar-refractivity contribution in [1.82, 2.24) is 14.8 Å². The highest BCUT2D eigenvalue weighted by molar-refractivity contribution is 7.13. The maximum Gasteiger partial charge on any atom is 0.266 e. The fourth-order valence-corrected chi connectivity index (χ4v) is 3.53. The molecule has 122 valence electrons. The van der Waals surface area contributed by atoms with E-state index in [4.69, 9.17) is 0 Å². The van der Waals surface area contributed by atoms with Gasteiger partial charge in [-0.05, 0) is 19.8 Å². The third-order valence-electron chi connectivity index (χ3n) is 3.51. The zero-order valence-electron chi connectivity index (χ0n) is 13.5. The molecule has 0 spiro atoms. The molecule has 1 atom stereocenters. The topological polar surface area (TPSA) is 73.7 Å². The molecule has 0 saturated carbocycles. The van der Waals surface area contributed by atoms with Gasteiger partial charge in [0, 0.05) is 19.6 Å². The average Bonchev–Trinajstić information content (AvgIpc) is 2.67. The van der Waals surface area contributed by atoms with Crippen molar-refractivity contribution in [2.45, 2.75) is 33.8 Å². The molecule has 0 aliphatic carbocycles. The Balaban J connectivity index is 2.17. The number of amides is 2. The van der Waals surface area contributed by atoms with Crippen LogP contribution in [0.1, 0.15) is 34.2 Å². The van der Waals surface area contributed by atoms with E-state index in [1.807, 2.05) is 20.8 Å². The van der Waals surface area contributed by atoms with Crippen molar-refractivity contribution in [2.75, 3.05) is 26.2 Å². The molecule has 6 nitrogen and oxygen atoms in total. The standard InChI is InChI=1S/C15H23N3O3S/c1-9(2)5-17-6-12(19)7-18(8-13(17)20)15(21)14-10(3)16-11(4)22-14/h9,12,19H,5-8H2,1-4H3. The summed E-state index contributed by atoms with van der Waals surface area (Å²) in [6.07, 6.45) is -0.719. The third kappa shape index (κ3) is 3.84. The maximum atomic E-state index is 12.6. The molecule has 2 rings (SSSR count). The van der Waals surface area contributed by atoms with Crippen molar-refractivity contribution in [3.8, 4) is 0 Å². The summed E-state index contributed by atoms with van der Waals surface area (Å²) < 4.78 is 0. The van der Waals surface area contributed by atoms with Crippen molar-refractivity contribution < 1.29 is 14.7 Å². The van der Waals surface area contributed by atoms with Gasteiger partial charge >= 0.3 is 0 Å². The van der Waals surface area contributed by atoms with Crippen LogP contribution in [0.2, 0.25) is 0 Å². The van der Waals surface area contributed by atoms with Crippen molar-refractivity contribution in [3.05, 3.63) is 15.6 Å². The molecule has 22 heavy (non-hydrogen) atoms. The second-order valence-corrected chi connectivity index (χ2v) is 7.38. The minimum Gasteiger partial charge on any atom is -0.389 e. The van der Waals surface area contributed by atoms with Crippen molar-refractivity contribution >= 4 is 23.2 Å². The predicted molar refractivity (Wildman–Crippen MR) is 84.9 cm³/mol. The zero-order chi connectivity index (χ0) is 16.4. The average molecular weight is 325 g/mol. The highest BCUT2D eigenvalue weighted by Crippen LogP contribution is 2.20. The van der Waals surface area contributed by atoms with E-state index in [-0.39, 0.29) is 31.4 Å². The number of carbonyl (C=O) groups is 2. The van der Waals surface area contributed by atoms with Gasteiger partial charge in [-0.1, -0.05) is 13.8 Å². The monoisotopic (exact) mass is 325 g/mol. The van der Waals surface area contributed by atoms with Crippen LogP contribution in [0.3, 0.4) is 0 Å². The first kappa shape index (κ1) is 16.9. The molecule has 1 fully saturated rings. The first-order chi connectivity index (χ1) is 10.3. The Bertz CT molecular complexity index is 570. The van der Waals surface area contributed by atoms with E-state index in [9.17, 15) is 14.7 Å². The van der Waals surface area contributed by atoms with Gasteiger partial charge in [0.2, 0.25) is 5.91 Å². The molecule has 1 unspecified atom stereocenters. The lowest BCUT2D eigenvalue weighted by molar-refractivity contribution is -0.131. The molecule has 0 aromatic carbocycles. The fraction of sp³-hybridized carbons (Fsp3) is 0.667. The SMILES string of the molecule is Cc1nc(C)c(C(=O)N2CC(=O)N(CC(C)C)CC(O)C2)s1. The van der Waals surface area contributed by atoms with E-state index in [1.165, 1.54) is 16.2 Å². The minimum absolute atomic E-state index is 0.0129. The number of thiazole rings is 1. The van der Waals surface area contributed by atoms with Crippen LogP contribution in [0, 0.1) is 19.8 Å². The molecular formula is C15H23N3O3S. The van der Waals surface area contributed by atoms with E-state index in [1.54, 1.807) is 11.8 Å². The Morgan fingerprint density at radius 3 is 2.64 bits per heavy atom. The molecular weight excluding hydrogens is 302 g/mol. The zero-order valence-corrected chi connectivity index (χ0v) is 14.3. The lowest BCUT2D eigenvalue weighted by Crippen LogP contribution is -2.40. The molecule has 2 heterocycles. The summed E-state index contributed by atoms with van der Waals surface area (Å²) in [5.41, 5.74) is 0.678. The van der Waals surface area contributed by atoms with Crippen LogP contribution in [0.25, 0.3) is 0 Å². The molecule has 1 aliphatic rings. The van der Waals surface area contributed by atoms with E-state index in [0.717, 1.165) is 5.01 Å². The van der Waals surface area contributed by atoms with Gasteiger partial charge in [0.05, 0.1) is 16.8 Å². The smallest absolute Gasteiger partial charge is 0.266 e. The van der Waals surface area contributed by atoms with Crippen molar-refractivity contribution in [3.63, 3.8) is 0 Å². The molecule has 2 amide bonds. The van der Waals surface area contributed by atoms with Crippen LogP contribution in [0.4, 0.5) is 0 Å². The summed E-state index contributed by atoms with van der Waals surface area (Å²) in [5.74, 6) is -0.0100. The molecule has 1 aromatic rings. The van der Waals surface area contributed by atoms with Gasteiger partial charge < -0.3 is 14.9 Å². The molecule has 1 saturated heterocycles. The minimum atomic E-state index is -0.719. The number of aliphatic hydroxyl groups excluding tert-OH is 1. The summed E-state index contributed by atoms with van der Waals surface area (Å²) in [7, 11) is 0.